The summed E-state index contributed by atoms with van der Waals surface area (Å²) in [6.45, 7) is 1.98. The number of hydrogen-bond donors (Lipinski definition) is 1. The van der Waals surface area contributed by atoms with E-state index in [0.29, 0.717) is 5.75 Å². The summed E-state index contributed by atoms with van der Waals surface area (Å²) >= 11 is 0. The van der Waals surface area contributed by atoms with Crippen LogP contribution in [0.3, 0.4) is 0 Å². The summed E-state index contributed by atoms with van der Waals surface area (Å²) in [7, 11) is 0. The molecule has 0 aliphatic carbocycles. The third-order valence-corrected chi connectivity index (χ3v) is 5.38. The average Bonchev–Trinajstić information content (AvgIpc) is 2.74. The van der Waals surface area contributed by atoms with E-state index in [2.05, 4.69) is 42.5 Å². The zero-order valence-corrected chi connectivity index (χ0v) is 15.8. The number of phenolic OH excluding ortho intramolecular Hbond substituents is 1. The summed E-state index contributed by atoms with van der Waals surface area (Å²) in [6.07, 6.45) is 3.07. The molecule has 0 heterocycles. The van der Waals surface area contributed by atoms with Crippen molar-refractivity contribution >= 4 is 44.4 Å². The summed E-state index contributed by atoms with van der Waals surface area (Å²) in [5.74, 6) is 0.319. The normalized spacial score (nSPS) is 11.8. The standard InChI is InChI=1S/C26H18O3/c1-16-22-13-10-19-4-2-3-18-8-9-20(26(22)25(18)19)15-23(16)29-24(28)14-7-17-5-11-21(27)12-6-17/h2-15,27H,1H3. The Morgan fingerprint density at radius 3 is 2.31 bits per heavy atom. The van der Waals surface area contributed by atoms with Crippen LogP contribution in [0, 0.1) is 6.92 Å². The molecule has 0 bridgehead atoms. The van der Waals surface area contributed by atoms with Crippen molar-refractivity contribution < 1.29 is 14.6 Å². The van der Waals surface area contributed by atoms with Gasteiger partial charge in [-0.2, -0.15) is 0 Å². The lowest BCUT2D eigenvalue weighted by atomic mass is 9.92. The van der Waals surface area contributed by atoms with Crippen LogP contribution in [-0.4, -0.2) is 11.1 Å². The molecule has 5 aromatic carbocycles. The zero-order chi connectivity index (χ0) is 20.0. The number of esters is 1. The fraction of sp³-hybridized carbons (Fsp3) is 0.0385. The van der Waals surface area contributed by atoms with E-state index in [9.17, 15) is 9.90 Å². The largest absolute Gasteiger partial charge is 0.508 e. The van der Waals surface area contributed by atoms with Crippen LogP contribution in [0.4, 0.5) is 0 Å². The number of phenols is 1. The van der Waals surface area contributed by atoms with Gasteiger partial charge in [0.05, 0.1) is 0 Å². The minimum Gasteiger partial charge on any atom is -0.508 e. The predicted octanol–water partition coefficient (Wildman–Crippen LogP) is 6.22. The van der Waals surface area contributed by atoms with Crippen LogP contribution >= 0.6 is 0 Å². The summed E-state index contributed by atoms with van der Waals surface area (Å²) in [4.78, 5) is 12.4. The van der Waals surface area contributed by atoms with Gasteiger partial charge in [-0.3, -0.25) is 0 Å². The molecule has 140 valence electrons. The first-order valence-electron chi connectivity index (χ1n) is 9.46. The number of aromatic hydroxyl groups is 1. The highest BCUT2D eigenvalue weighted by Crippen LogP contribution is 2.39. The monoisotopic (exact) mass is 378 g/mol. The number of benzene rings is 5. The molecule has 0 fully saturated rings. The van der Waals surface area contributed by atoms with Gasteiger partial charge >= 0.3 is 5.97 Å². The van der Waals surface area contributed by atoms with Crippen LogP contribution < -0.4 is 4.74 Å². The van der Waals surface area contributed by atoms with Crippen LogP contribution in [0.15, 0.2) is 78.9 Å². The van der Waals surface area contributed by atoms with Crippen molar-refractivity contribution in [2.24, 2.45) is 0 Å². The molecule has 0 aliphatic rings. The lowest BCUT2D eigenvalue weighted by Gasteiger charge is -2.15. The minimum absolute atomic E-state index is 0.189. The summed E-state index contributed by atoms with van der Waals surface area (Å²) < 4.78 is 5.66. The first kappa shape index (κ1) is 17.3. The van der Waals surface area contributed by atoms with E-state index in [4.69, 9.17) is 4.74 Å². The number of aryl methyl sites for hydroxylation is 1. The number of carbonyl (C=O) groups is 1. The number of hydrogen-bond acceptors (Lipinski definition) is 3. The fourth-order valence-corrected chi connectivity index (χ4v) is 3.92. The summed E-state index contributed by atoms with van der Waals surface area (Å²) in [5, 5.41) is 16.4. The Bertz CT molecular complexity index is 1380. The van der Waals surface area contributed by atoms with Crippen LogP contribution in [0.25, 0.3) is 38.4 Å². The van der Waals surface area contributed by atoms with Crippen LogP contribution in [0.1, 0.15) is 11.1 Å². The van der Waals surface area contributed by atoms with Gasteiger partial charge in [0, 0.05) is 6.08 Å². The van der Waals surface area contributed by atoms with Crippen molar-refractivity contribution in [1.29, 1.82) is 0 Å². The molecule has 0 amide bonds. The smallest absolute Gasteiger partial charge is 0.336 e. The third-order valence-electron chi connectivity index (χ3n) is 5.38. The van der Waals surface area contributed by atoms with E-state index < -0.39 is 5.97 Å². The highest BCUT2D eigenvalue weighted by Gasteiger charge is 2.14. The van der Waals surface area contributed by atoms with Crippen LogP contribution in [0.2, 0.25) is 0 Å². The van der Waals surface area contributed by atoms with Gasteiger partial charge in [-0.1, -0.05) is 54.6 Å². The Hall–Kier alpha value is -3.85. The van der Waals surface area contributed by atoms with Gasteiger partial charge in [-0.15, -0.1) is 0 Å². The molecule has 0 aromatic heterocycles. The third kappa shape index (κ3) is 2.97. The Balaban J connectivity index is 1.54. The number of carbonyl (C=O) groups excluding carboxylic acids is 1. The van der Waals surface area contributed by atoms with E-state index in [1.165, 1.54) is 27.6 Å². The second-order valence-electron chi connectivity index (χ2n) is 7.20. The lowest BCUT2D eigenvalue weighted by Crippen LogP contribution is -2.05. The SMILES string of the molecule is Cc1c(OC(=O)C=Cc2ccc(O)cc2)cc2ccc3cccc4ccc1c2c34. The molecular formula is C26H18O3. The maximum Gasteiger partial charge on any atom is 0.336 e. The average molecular weight is 378 g/mol. The molecule has 0 saturated heterocycles. The second-order valence-corrected chi connectivity index (χ2v) is 7.20. The summed E-state index contributed by atoms with van der Waals surface area (Å²) in [6, 6.07) is 23.3. The maximum absolute atomic E-state index is 12.4. The highest BCUT2D eigenvalue weighted by molar-refractivity contribution is 6.24. The molecular weight excluding hydrogens is 360 g/mol. The molecule has 0 aliphatic heterocycles. The Morgan fingerprint density at radius 2 is 1.55 bits per heavy atom. The molecule has 0 saturated carbocycles. The fourth-order valence-electron chi connectivity index (χ4n) is 3.92. The first-order valence-corrected chi connectivity index (χ1v) is 9.46. The van der Waals surface area contributed by atoms with Crippen LogP contribution in [0.5, 0.6) is 11.5 Å². The Labute approximate surface area is 167 Å². The van der Waals surface area contributed by atoms with Crippen LogP contribution in [-0.2, 0) is 4.79 Å². The Morgan fingerprint density at radius 1 is 0.862 bits per heavy atom. The Kier molecular flexibility index (Phi) is 3.95. The van der Waals surface area contributed by atoms with E-state index in [1.807, 2.05) is 13.0 Å². The molecule has 5 aromatic rings. The van der Waals surface area contributed by atoms with Gasteiger partial charge in [0.15, 0.2) is 0 Å². The van der Waals surface area contributed by atoms with Gasteiger partial charge < -0.3 is 9.84 Å². The summed E-state index contributed by atoms with van der Waals surface area (Å²) in [5.41, 5.74) is 1.76. The molecule has 29 heavy (non-hydrogen) atoms. The minimum atomic E-state index is -0.436. The van der Waals surface area contributed by atoms with Crippen molar-refractivity contribution in [3.63, 3.8) is 0 Å². The van der Waals surface area contributed by atoms with Gasteiger partial charge in [0.2, 0.25) is 0 Å². The molecule has 1 N–H and O–H groups in total. The highest BCUT2D eigenvalue weighted by atomic mass is 16.5. The van der Waals surface area contributed by atoms with Crippen molar-refractivity contribution in [1.82, 2.24) is 0 Å². The molecule has 3 nitrogen and oxygen atoms in total. The van der Waals surface area contributed by atoms with Gasteiger partial charge in [0.25, 0.3) is 0 Å². The maximum atomic E-state index is 12.4. The van der Waals surface area contributed by atoms with Gasteiger partial charge in [-0.05, 0) is 74.6 Å². The molecule has 0 atom stereocenters. The van der Waals surface area contributed by atoms with Crippen molar-refractivity contribution in [2.45, 2.75) is 6.92 Å². The molecule has 3 heteroatoms. The quantitative estimate of drug-likeness (QED) is 0.175. The van der Waals surface area contributed by atoms with Crippen molar-refractivity contribution in [3.8, 4) is 11.5 Å². The van der Waals surface area contributed by atoms with Gasteiger partial charge in [-0.25, -0.2) is 4.79 Å². The molecule has 0 unspecified atom stereocenters. The number of rotatable bonds is 3. The first-order chi connectivity index (χ1) is 14.1. The molecule has 0 spiro atoms. The topological polar surface area (TPSA) is 46.5 Å². The second kappa shape index (κ2) is 6.64. The lowest BCUT2D eigenvalue weighted by molar-refractivity contribution is -0.128. The van der Waals surface area contributed by atoms with Crippen molar-refractivity contribution in [2.75, 3.05) is 0 Å². The zero-order valence-electron chi connectivity index (χ0n) is 15.8. The van der Waals surface area contributed by atoms with E-state index >= 15 is 0 Å². The van der Waals surface area contributed by atoms with Crippen molar-refractivity contribution in [3.05, 3.63) is 90.0 Å². The van der Waals surface area contributed by atoms with Gasteiger partial charge in [0.1, 0.15) is 11.5 Å². The van der Waals surface area contributed by atoms with E-state index in [0.717, 1.165) is 21.9 Å². The number of ether oxygens (including phenoxy) is 1. The predicted molar refractivity (Wildman–Crippen MR) is 118 cm³/mol. The molecule has 0 radical (unpaired) electrons. The molecule has 5 rings (SSSR count). The van der Waals surface area contributed by atoms with E-state index in [1.54, 1.807) is 30.3 Å². The van der Waals surface area contributed by atoms with E-state index in [-0.39, 0.29) is 5.75 Å².